The Morgan fingerprint density at radius 1 is 1.33 bits per heavy atom. The molecule has 0 saturated carbocycles. The predicted molar refractivity (Wildman–Crippen MR) is 121 cm³/mol. The standard InChI is InChI=1S/C19H23F3N4O2S.HI/c1-4-27-14-6-12-5-11(2)28-15(12)7-13(14)8-24-18(23-3)25-9-17-26-16(10-29-17)19(20,21)22;/h6-7,10-11H,4-5,8-9H2,1-3H3,(H2,23,24,25);1H. The monoisotopic (exact) mass is 556 g/mol. The van der Waals surface area contributed by atoms with Gasteiger partial charge in [-0.1, -0.05) is 0 Å². The Hall–Kier alpha value is -1.76. The first kappa shape index (κ1) is 24.5. The summed E-state index contributed by atoms with van der Waals surface area (Å²) in [5.41, 5.74) is 1.16. The number of alkyl halides is 3. The highest BCUT2D eigenvalue weighted by atomic mass is 127. The number of ether oxygens (including phenoxy) is 2. The average molecular weight is 556 g/mol. The van der Waals surface area contributed by atoms with E-state index in [1.165, 1.54) is 0 Å². The number of fused-ring (bicyclic) bond motifs is 1. The fourth-order valence-electron chi connectivity index (χ4n) is 2.99. The number of thiazole rings is 1. The number of guanidine groups is 1. The topological polar surface area (TPSA) is 67.8 Å². The van der Waals surface area contributed by atoms with E-state index in [0.29, 0.717) is 24.1 Å². The molecule has 1 aromatic carbocycles. The lowest BCUT2D eigenvalue weighted by Gasteiger charge is -2.15. The van der Waals surface area contributed by atoms with Gasteiger partial charge in [0.2, 0.25) is 0 Å². The number of benzene rings is 1. The van der Waals surface area contributed by atoms with Gasteiger partial charge >= 0.3 is 6.18 Å². The van der Waals surface area contributed by atoms with E-state index in [2.05, 4.69) is 20.6 Å². The SMILES string of the molecule is CCOc1cc2c(cc1CNC(=NC)NCc1nc(C(F)(F)F)cs1)OC(C)C2.I. The second-order valence-electron chi connectivity index (χ2n) is 6.54. The lowest BCUT2D eigenvalue weighted by atomic mass is 10.1. The summed E-state index contributed by atoms with van der Waals surface area (Å²) in [5.74, 6) is 2.08. The van der Waals surface area contributed by atoms with Crippen LogP contribution in [0.15, 0.2) is 22.5 Å². The molecule has 2 N–H and O–H groups in total. The van der Waals surface area contributed by atoms with Crippen molar-refractivity contribution < 1.29 is 22.6 Å². The van der Waals surface area contributed by atoms with E-state index in [1.807, 2.05) is 26.0 Å². The van der Waals surface area contributed by atoms with Gasteiger partial charge in [-0.15, -0.1) is 35.3 Å². The van der Waals surface area contributed by atoms with Gasteiger partial charge in [-0.3, -0.25) is 4.99 Å². The van der Waals surface area contributed by atoms with Crippen LogP contribution < -0.4 is 20.1 Å². The third kappa shape index (κ3) is 6.13. The summed E-state index contributed by atoms with van der Waals surface area (Å²) in [6.45, 7) is 5.05. The Labute approximate surface area is 194 Å². The van der Waals surface area contributed by atoms with Crippen LogP contribution >= 0.6 is 35.3 Å². The lowest BCUT2D eigenvalue weighted by Crippen LogP contribution is -2.36. The Morgan fingerprint density at radius 2 is 2.07 bits per heavy atom. The Morgan fingerprint density at radius 3 is 2.70 bits per heavy atom. The van der Waals surface area contributed by atoms with Gasteiger partial charge in [0.15, 0.2) is 11.7 Å². The molecule has 1 aliphatic rings. The maximum Gasteiger partial charge on any atom is 0.434 e. The van der Waals surface area contributed by atoms with Crippen LogP contribution in [-0.2, 0) is 25.7 Å². The van der Waals surface area contributed by atoms with Crippen molar-refractivity contribution in [3.05, 3.63) is 39.3 Å². The molecule has 0 amide bonds. The number of nitrogens with one attached hydrogen (secondary N) is 2. The van der Waals surface area contributed by atoms with Crippen molar-refractivity contribution in [1.29, 1.82) is 0 Å². The molecule has 11 heteroatoms. The second-order valence-corrected chi connectivity index (χ2v) is 7.48. The normalized spacial score (nSPS) is 15.8. The maximum atomic E-state index is 12.7. The Balaban J connectivity index is 0.00000320. The molecule has 2 heterocycles. The van der Waals surface area contributed by atoms with Gasteiger partial charge in [-0.2, -0.15) is 13.2 Å². The number of halogens is 4. The molecule has 2 aromatic rings. The molecule has 1 unspecified atom stereocenters. The second kappa shape index (κ2) is 10.5. The third-order valence-corrected chi connectivity index (χ3v) is 5.15. The molecule has 1 aromatic heterocycles. The highest BCUT2D eigenvalue weighted by molar-refractivity contribution is 14.0. The van der Waals surface area contributed by atoms with Crippen LogP contribution in [0.25, 0.3) is 0 Å². The first-order valence-corrected chi connectivity index (χ1v) is 10.1. The molecule has 0 aliphatic carbocycles. The number of rotatable bonds is 6. The minimum absolute atomic E-state index is 0. The third-order valence-electron chi connectivity index (χ3n) is 4.30. The van der Waals surface area contributed by atoms with Gasteiger partial charge in [0.05, 0.1) is 13.2 Å². The van der Waals surface area contributed by atoms with Crippen molar-refractivity contribution in [3.8, 4) is 11.5 Å². The van der Waals surface area contributed by atoms with E-state index < -0.39 is 11.9 Å². The molecule has 0 spiro atoms. The largest absolute Gasteiger partial charge is 0.494 e. The molecule has 0 bridgehead atoms. The van der Waals surface area contributed by atoms with E-state index >= 15 is 0 Å². The van der Waals surface area contributed by atoms with Crippen LogP contribution in [0, 0.1) is 0 Å². The average Bonchev–Trinajstić information content (AvgIpc) is 3.27. The zero-order valence-corrected chi connectivity index (χ0v) is 19.9. The highest BCUT2D eigenvalue weighted by Crippen LogP contribution is 2.35. The van der Waals surface area contributed by atoms with Crippen molar-refractivity contribution >= 4 is 41.3 Å². The summed E-state index contributed by atoms with van der Waals surface area (Å²) in [6, 6.07) is 3.96. The fraction of sp³-hybridized carbons (Fsp3) is 0.474. The van der Waals surface area contributed by atoms with Crippen LogP contribution in [0.5, 0.6) is 11.5 Å². The molecular weight excluding hydrogens is 532 g/mol. The number of hydrogen-bond acceptors (Lipinski definition) is 5. The van der Waals surface area contributed by atoms with Gasteiger partial charge in [-0.25, -0.2) is 4.98 Å². The van der Waals surface area contributed by atoms with Gasteiger partial charge < -0.3 is 20.1 Å². The Bertz CT molecular complexity index is 889. The van der Waals surface area contributed by atoms with Gasteiger partial charge in [0.25, 0.3) is 0 Å². The molecule has 0 saturated heterocycles. The van der Waals surface area contributed by atoms with Crippen LogP contribution in [0.3, 0.4) is 0 Å². The molecular formula is C19H24F3IN4O2S. The number of aromatic nitrogens is 1. The Kier molecular flexibility index (Phi) is 8.59. The molecule has 6 nitrogen and oxygen atoms in total. The molecule has 166 valence electrons. The summed E-state index contributed by atoms with van der Waals surface area (Å²) in [5, 5.41) is 7.47. The molecule has 30 heavy (non-hydrogen) atoms. The van der Waals surface area contributed by atoms with Crippen molar-refractivity contribution in [2.24, 2.45) is 4.99 Å². The van der Waals surface area contributed by atoms with E-state index in [1.54, 1.807) is 7.05 Å². The van der Waals surface area contributed by atoms with E-state index in [0.717, 1.165) is 45.8 Å². The van der Waals surface area contributed by atoms with Crippen molar-refractivity contribution in [2.45, 2.75) is 45.6 Å². The van der Waals surface area contributed by atoms with Crippen molar-refractivity contribution in [3.63, 3.8) is 0 Å². The van der Waals surface area contributed by atoms with Crippen LogP contribution in [0.4, 0.5) is 13.2 Å². The first-order chi connectivity index (χ1) is 13.8. The zero-order chi connectivity index (χ0) is 21.0. The first-order valence-electron chi connectivity index (χ1n) is 9.21. The van der Waals surface area contributed by atoms with Crippen LogP contribution in [0.2, 0.25) is 0 Å². The fourth-order valence-corrected chi connectivity index (χ4v) is 3.73. The van der Waals surface area contributed by atoms with E-state index in [4.69, 9.17) is 9.47 Å². The van der Waals surface area contributed by atoms with Gasteiger partial charge in [-0.05, 0) is 26.0 Å². The van der Waals surface area contributed by atoms with Gasteiger partial charge in [0, 0.05) is 36.5 Å². The minimum atomic E-state index is -4.43. The lowest BCUT2D eigenvalue weighted by molar-refractivity contribution is -0.140. The number of nitrogens with zero attached hydrogens (tertiary/aromatic N) is 2. The van der Waals surface area contributed by atoms with Crippen molar-refractivity contribution in [2.75, 3.05) is 13.7 Å². The van der Waals surface area contributed by atoms with Crippen LogP contribution in [0.1, 0.15) is 35.7 Å². The molecule has 0 radical (unpaired) electrons. The smallest absolute Gasteiger partial charge is 0.434 e. The minimum Gasteiger partial charge on any atom is -0.494 e. The summed E-state index contributed by atoms with van der Waals surface area (Å²) < 4.78 is 49.6. The maximum absolute atomic E-state index is 12.7. The molecule has 1 atom stereocenters. The summed E-state index contributed by atoms with van der Waals surface area (Å²) in [4.78, 5) is 7.71. The van der Waals surface area contributed by atoms with E-state index in [-0.39, 0.29) is 36.6 Å². The molecule has 3 rings (SSSR count). The van der Waals surface area contributed by atoms with Gasteiger partial charge in [0.1, 0.15) is 22.6 Å². The molecule has 1 aliphatic heterocycles. The summed E-state index contributed by atoms with van der Waals surface area (Å²) in [7, 11) is 1.59. The zero-order valence-electron chi connectivity index (χ0n) is 16.8. The number of hydrogen-bond donors (Lipinski definition) is 2. The summed E-state index contributed by atoms with van der Waals surface area (Å²) in [6.07, 6.45) is -3.45. The van der Waals surface area contributed by atoms with E-state index in [9.17, 15) is 13.2 Å². The summed E-state index contributed by atoms with van der Waals surface area (Å²) >= 11 is 0.953. The highest BCUT2D eigenvalue weighted by Gasteiger charge is 2.33. The van der Waals surface area contributed by atoms with Crippen molar-refractivity contribution in [1.82, 2.24) is 15.6 Å². The molecule has 0 fully saturated rings. The quantitative estimate of drug-likeness (QED) is 0.315. The van der Waals surface area contributed by atoms with Crippen LogP contribution in [-0.4, -0.2) is 30.7 Å². The number of aliphatic imine (C=N–C) groups is 1. The predicted octanol–water partition coefficient (Wildman–Crippen LogP) is 4.37.